The minimum atomic E-state index is -3.07. The summed E-state index contributed by atoms with van der Waals surface area (Å²) in [6.07, 6.45) is 3.12. The number of fused-ring (bicyclic) bond motifs is 1. The first-order valence-electron chi connectivity index (χ1n) is 7.14. The Kier molecular flexibility index (Phi) is 4.83. The maximum absolute atomic E-state index is 11.0. The maximum atomic E-state index is 11.0. The smallest absolute Gasteiger partial charge is 0.208 e. The second kappa shape index (κ2) is 6.24. The van der Waals surface area contributed by atoms with Gasteiger partial charge in [-0.15, -0.1) is 0 Å². The summed E-state index contributed by atoms with van der Waals surface area (Å²) in [7, 11) is -3.07. The first-order valence-corrected chi connectivity index (χ1v) is 9.03. The van der Waals surface area contributed by atoms with Gasteiger partial charge in [-0.3, -0.25) is 0 Å². The molecule has 112 valence electrons. The largest absolute Gasteiger partial charge is 0.310 e. The summed E-state index contributed by atoms with van der Waals surface area (Å²) < 4.78 is 24.5. The third-order valence-electron chi connectivity index (χ3n) is 3.83. The third-order valence-corrected chi connectivity index (χ3v) is 4.56. The lowest BCUT2D eigenvalue weighted by Crippen LogP contribution is -2.29. The highest BCUT2D eigenvalue weighted by Crippen LogP contribution is 2.36. The van der Waals surface area contributed by atoms with E-state index in [2.05, 4.69) is 42.1 Å². The van der Waals surface area contributed by atoms with E-state index in [1.54, 1.807) is 0 Å². The van der Waals surface area contributed by atoms with Gasteiger partial charge in [-0.2, -0.15) is 0 Å². The predicted octanol–water partition coefficient (Wildman–Crippen LogP) is 1.76. The predicted molar refractivity (Wildman–Crippen MR) is 82.3 cm³/mol. The van der Waals surface area contributed by atoms with E-state index in [1.165, 1.54) is 22.9 Å². The molecule has 1 aliphatic rings. The lowest BCUT2D eigenvalue weighted by Gasteiger charge is -2.19. The van der Waals surface area contributed by atoms with Gasteiger partial charge in [-0.25, -0.2) is 13.1 Å². The van der Waals surface area contributed by atoms with Crippen LogP contribution in [0, 0.1) is 12.8 Å². The Morgan fingerprint density at radius 2 is 2.05 bits per heavy atom. The van der Waals surface area contributed by atoms with E-state index in [9.17, 15) is 8.42 Å². The molecule has 0 spiro atoms. The van der Waals surface area contributed by atoms with Gasteiger partial charge < -0.3 is 5.32 Å². The molecule has 5 heteroatoms. The molecule has 2 unspecified atom stereocenters. The monoisotopic (exact) mass is 296 g/mol. The van der Waals surface area contributed by atoms with Gasteiger partial charge in [-0.05, 0) is 43.4 Å². The Morgan fingerprint density at radius 1 is 1.30 bits per heavy atom. The van der Waals surface area contributed by atoms with E-state index < -0.39 is 10.0 Å². The second-order valence-electron chi connectivity index (χ2n) is 5.84. The maximum Gasteiger partial charge on any atom is 0.208 e. The average molecular weight is 296 g/mol. The van der Waals surface area contributed by atoms with Crippen LogP contribution in [0.1, 0.15) is 36.1 Å². The van der Waals surface area contributed by atoms with Crippen LogP contribution in [-0.4, -0.2) is 27.8 Å². The van der Waals surface area contributed by atoms with Gasteiger partial charge in [-0.1, -0.05) is 30.7 Å². The Balaban J connectivity index is 1.86. The number of aryl methyl sites for hydroxylation is 1. The van der Waals surface area contributed by atoms with E-state index >= 15 is 0 Å². The van der Waals surface area contributed by atoms with Crippen molar-refractivity contribution in [2.24, 2.45) is 5.92 Å². The van der Waals surface area contributed by atoms with Gasteiger partial charge in [0.25, 0.3) is 0 Å². The van der Waals surface area contributed by atoms with E-state index in [4.69, 9.17) is 0 Å². The fraction of sp³-hybridized carbons (Fsp3) is 0.600. The van der Waals surface area contributed by atoms with Crippen LogP contribution in [0.15, 0.2) is 18.2 Å². The van der Waals surface area contributed by atoms with Gasteiger partial charge in [0.1, 0.15) is 0 Å². The zero-order valence-corrected chi connectivity index (χ0v) is 13.3. The van der Waals surface area contributed by atoms with E-state index in [1.807, 2.05) is 0 Å². The van der Waals surface area contributed by atoms with Gasteiger partial charge in [0, 0.05) is 12.6 Å². The summed E-state index contributed by atoms with van der Waals surface area (Å²) in [6, 6.07) is 7.06. The topological polar surface area (TPSA) is 58.2 Å². The van der Waals surface area contributed by atoms with Gasteiger partial charge >= 0.3 is 0 Å². The lowest BCUT2D eigenvalue weighted by molar-refractivity contribution is 0.414. The quantitative estimate of drug-likeness (QED) is 0.786. The molecule has 2 rings (SSSR count). The van der Waals surface area contributed by atoms with Crippen LogP contribution in [0.25, 0.3) is 0 Å². The molecule has 20 heavy (non-hydrogen) atoms. The standard InChI is InChI=1S/C15H24N2O2S/c1-11-5-6-13-10-12(2)15(14(13)9-11)16-7-4-8-17-20(3,18)19/h5-6,9,12,15-17H,4,7-8,10H2,1-3H3. The number of hydrogen-bond donors (Lipinski definition) is 2. The summed E-state index contributed by atoms with van der Waals surface area (Å²) >= 11 is 0. The highest BCUT2D eigenvalue weighted by molar-refractivity contribution is 7.88. The van der Waals surface area contributed by atoms with Crippen molar-refractivity contribution in [2.45, 2.75) is 32.7 Å². The Hall–Kier alpha value is -0.910. The molecule has 0 fully saturated rings. The van der Waals surface area contributed by atoms with Crippen molar-refractivity contribution in [3.63, 3.8) is 0 Å². The molecule has 1 aromatic carbocycles. The Bertz CT molecular complexity index is 569. The van der Waals surface area contributed by atoms with Crippen molar-refractivity contribution >= 4 is 10.0 Å². The molecule has 4 nitrogen and oxygen atoms in total. The summed E-state index contributed by atoms with van der Waals surface area (Å²) in [6.45, 7) is 5.70. The first kappa shape index (κ1) is 15.5. The van der Waals surface area contributed by atoms with E-state index in [0.29, 0.717) is 18.5 Å². The van der Waals surface area contributed by atoms with Crippen molar-refractivity contribution < 1.29 is 8.42 Å². The molecule has 0 heterocycles. The molecule has 1 aliphatic carbocycles. The molecule has 0 saturated carbocycles. The summed E-state index contributed by atoms with van der Waals surface area (Å²) in [5.74, 6) is 0.592. The molecule has 0 aliphatic heterocycles. The van der Waals surface area contributed by atoms with Crippen LogP contribution >= 0.6 is 0 Å². The Labute approximate surface area is 122 Å². The first-order chi connectivity index (χ1) is 9.37. The number of hydrogen-bond acceptors (Lipinski definition) is 3. The highest BCUT2D eigenvalue weighted by Gasteiger charge is 2.28. The average Bonchev–Trinajstić information content (AvgIpc) is 2.64. The molecular weight excluding hydrogens is 272 g/mol. The number of rotatable bonds is 6. The van der Waals surface area contributed by atoms with E-state index in [-0.39, 0.29) is 0 Å². The van der Waals surface area contributed by atoms with Crippen molar-refractivity contribution in [3.8, 4) is 0 Å². The van der Waals surface area contributed by atoms with Crippen LogP contribution in [0.3, 0.4) is 0 Å². The molecule has 0 aromatic heterocycles. The number of nitrogens with one attached hydrogen (secondary N) is 2. The van der Waals surface area contributed by atoms with Crippen molar-refractivity contribution in [1.29, 1.82) is 0 Å². The van der Waals surface area contributed by atoms with Gasteiger partial charge in [0.05, 0.1) is 6.26 Å². The summed E-state index contributed by atoms with van der Waals surface area (Å²) in [5, 5.41) is 3.57. The highest BCUT2D eigenvalue weighted by atomic mass is 32.2. The fourth-order valence-electron chi connectivity index (χ4n) is 2.88. The van der Waals surface area contributed by atoms with Gasteiger partial charge in [0.2, 0.25) is 10.0 Å². The molecule has 0 saturated heterocycles. The van der Waals surface area contributed by atoms with Crippen molar-refractivity contribution in [2.75, 3.05) is 19.3 Å². The third kappa shape index (κ3) is 4.04. The van der Waals surface area contributed by atoms with Gasteiger partial charge in [0.15, 0.2) is 0 Å². The molecule has 0 amide bonds. The van der Waals surface area contributed by atoms with Crippen LogP contribution in [0.2, 0.25) is 0 Å². The summed E-state index contributed by atoms with van der Waals surface area (Å²) in [5.41, 5.74) is 4.15. The molecule has 2 atom stereocenters. The van der Waals surface area contributed by atoms with Crippen LogP contribution in [0.5, 0.6) is 0 Å². The normalized spacial score (nSPS) is 21.9. The molecule has 0 bridgehead atoms. The van der Waals surface area contributed by atoms with Crippen LogP contribution in [0.4, 0.5) is 0 Å². The molecule has 0 radical (unpaired) electrons. The van der Waals surface area contributed by atoms with Crippen molar-refractivity contribution in [1.82, 2.24) is 10.0 Å². The SMILES string of the molecule is Cc1ccc2c(c1)C(NCCCNS(C)(=O)=O)C(C)C2. The van der Waals surface area contributed by atoms with E-state index in [0.717, 1.165) is 19.4 Å². The van der Waals surface area contributed by atoms with Crippen molar-refractivity contribution in [3.05, 3.63) is 34.9 Å². The molecular formula is C15H24N2O2S. The fourth-order valence-corrected chi connectivity index (χ4v) is 3.39. The minimum absolute atomic E-state index is 0.392. The number of benzene rings is 1. The number of sulfonamides is 1. The zero-order valence-electron chi connectivity index (χ0n) is 12.4. The second-order valence-corrected chi connectivity index (χ2v) is 7.67. The molecule has 1 aromatic rings. The Morgan fingerprint density at radius 3 is 2.75 bits per heavy atom. The summed E-state index contributed by atoms with van der Waals surface area (Å²) in [4.78, 5) is 0. The molecule has 2 N–H and O–H groups in total. The van der Waals surface area contributed by atoms with Crippen LogP contribution < -0.4 is 10.0 Å². The minimum Gasteiger partial charge on any atom is -0.310 e. The lowest BCUT2D eigenvalue weighted by atomic mass is 10.0. The zero-order chi connectivity index (χ0) is 14.8. The van der Waals surface area contributed by atoms with Crippen LogP contribution in [-0.2, 0) is 16.4 Å².